The molecule has 0 saturated carbocycles. The van der Waals surface area contributed by atoms with Crippen molar-refractivity contribution in [3.05, 3.63) is 0 Å². The quantitative estimate of drug-likeness (QED) is 0.566. The third kappa shape index (κ3) is 6.30. The fourth-order valence-corrected chi connectivity index (χ4v) is 1.09. The molecular formula is C7H15ClFN. The lowest BCUT2D eigenvalue weighted by Crippen LogP contribution is -2.25. The molecule has 0 rings (SSSR count). The predicted octanol–water partition coefficient (Wildman–Crippen LogP) is 1.91. The van der Waals surface area contributed by atoms with E-state index in [1.807, 2.05) is 18.9 Å². The Morgan fingerprint density at radius 1 is 1.60 bits per heavy atom. The van der Waals surface area contributed by atoms with Gasteiger partial charge in [-0.05, 0) is 20.4 Å². The lowest BCUT2D eigenvalue weighted by molar-refractivity contribution is 0.312. The first kappa shape index (κ1) is 10.2. The maximum atomic E-state index is 11.6. The smallest absolute Gasteiger partial charge is 0.0906 e. The SMILES string of the molecule is CC(Cl)CN(C)CCCF. The van der Waals surface area contributed by atoms with Gasteiger partial charge >= 0.3 is 0 Å². The van der Waals surface area contributed by atoms with Crippen molar-refractivity contribution in [2.24, 2.45) is 0 Å². The van der Waals surface area contributed by atoms with Gasteiger partial charge < -0.3 is 4.90 Å². The second-order valence-electron chi connectivity index (χ2n) is 2.59. The van der Waals surface area contributed by atoms with Gasteiger partial charge in [0.1, 0.15) is 0 Å². The Labute approximate surface area is 67.2 Å². The van der Waals surface area contributed by atoms with Crippen molar-refractivity contribution in [1.82, 2.24) is 4.90 Å². The molecule has 0 aromatic carbocycles. The van der Waals surface area contributed by atoms with Gasteiger partial charge in [-0.2, -0.15) is 0 Å². The van der Waals surface area contributed by atoms with Gasteiger partial charge in [-0.15, -0.1) is 11.6 Å². The van der Waals surface area contributed by atoms with Crippen molar-refractivity contribution < 1.29 is 4.39 Å². The molecule has 10 heavy (non-hydrogen) atoms. The van der Waals surface area contributed by atoms with E-state index in [1.165, 1.54) is 0 Å². The Morgan fingerprint density at radius 3 is 2.60 bits per heavy atom. The molecule has 0 spiro atoms. The maximum Gasteiger partial charge on any atom is 0.0906 e. The van der Waals surface area contributed by atoms with Crippen LogP contribution in [0.1, 0.15) is 13.3 Å². The largest absolute Gasteiger partial charge is 0.305 e. The number of hydrogen-bond acceptors (Lipinski definition) is 1. The van der Waals surface area contributed by atoms with Gasteiger partial charge in [0, 0.05) is 18.5 Å². The highest BCUT2D eigenvalue weighted by atomic mass is 35.5. The summed E-state index contributed by atoms with van der Waals surface area (Å²) in [5.41, 5.74) is 0. The summed E-state index contributed by atoms with van der Waals surface area (Å²) in [5.74, 6) is 0. The van der Waals surface area contributed by atoms with Gasteiger partial charge in [0.2, 0.25) is 0 Å². The molecule has 0 aliphatic rings. The van der Waals surface area contributed by atoms with Crippen LogP contribution in [0.2, 0.25) is 0 Å². The molecule has 0 amide bonds. The van der Waals surface area contributed by atoms with Crippen LogP contribution in [-0.4, -0.2) is 37.1 Å². The number of hydrogen-bond donors (Lipinski definition) is 0. The molecule has 0 aromatic heterocycles. The van der Waals surface area contributed by atoms with E-state index in [-0.39, 0.29) is 12.1 Å². The molecular weight excluding hydrogens is 153 g/mol. The third-order valence-corrected chi connectivity index (χ3v) is 1.37. The van der Waals surface area contributed by atoms with Crippen molar-refractivity contribution in [3.63, 3.8) is 0 Å². The molecule has 0 fully saturated rings. The predicted molar refractivity (Wildman–Crippen MR) is 43.4 cm³/mol. The second kappa shape index (κ2) is 5.93. The molecule has 1 nitrogen and oxygen atoms in total. The molecule has 62 valence electrons. The third-order valence-electron chi connectivity index (χ3n) is 1.24. The normalized spacial score (nSPS) is 14.1. The summed E-state index contributed by atoms with van der Waals surface area (Å²) in [5, 5.41) is 0.157. The molecule has 0 aromatic rings. The topological polar surface area (TPSA) is 3.24 Å². The average molecular weight is 168 g/mol. The molecule has 0 radical (unpaired) electrons. The number of alkyl halides is 2. The summed E-state index contributed by atoms with van der Waals surface area (Å²) in [6.07, 6.45) is 0.611. The van der Waals surface area contributed by atoms with Crippen molar-refractivity contribution in [2.45, 2.75) is 18.7 Å². The first-order valence-electron chi connectivity index (χ1n) is 3.55. The van der Waals surface area contributed by atoms with E-state index in [9.17, 15) is 4.39 Å². The lowest BCUT2D eigenvalue weighted by atomic mass is 10.4. The van der Waals surface area contributed by atoms with Crippen LogP contribution < -0.4 is 0 Å². The van der Waals surface area contributed by atoms with Crippen molar-refractivity contribution in [3.8, 4) is 0 Å². The lowest BCUT2D eigenvalue weighted by Gasteiger charge is -2.16. The van der Waals surface area contributed by atoms with Crippen LogP contribution in [0.15, 0.2) is 0 Å². The average Bonchev–Trinajstić information content (AvgIpc) is 1.82. The van der Waals surface area contributed by atoms with Gasteiger partial charge in [0.05, 0.1) is 6.67 Å². The van der Waals surface area contributed by atoms with Gasteiger partial charge in [-0.3, -0.25) is 4.39 Å². The minimum Gasteiger partial charge on any atom is -0.305 e. The van der Waals surface area contributed by atoms with E-state index in [1.54, 1.807) is 0 Å². The van der Waals surface area contributed by atoms with Gasteiger partial charge in [-0.1, -0.05) is 0 Å². The minimum atomic E-state index is -0.235. The second-order valence-corrected chi connectivity index (χ2v) is 3.33. The van der Waals surface area contributed by atoms with Crippen molar-refractivity contribution in [1.29, 1.82) is 0 Å². The zero-order valence-corrected chi connectivity index (χ0v) is 7.36. The highest BCUT2D eigenvalue weighted by molar-refractivity contribution is 6.20. The molecule has 0 heterocycles. The minimum absolute atomic E-state index is 0.157. The van der Waals surface area contributed by atoms with Crippen LogP contribution in [0, 0.1) is 0 Å². The summed E-state index contributed by atoms with van der Waals surface area (Å²) in [7, 11) is 1.95. The maximum absolute atomic E-state index is 11.6. The molecule has 0 aliphatic heterocycles. The fraction of sp³-hybridized carbons (Fsp3) is 1.00. The van der Waals surface area contributed by atoms with E-state index in [2.05, 4.69) is 0 Å². The highest BCUT2D eigenvalue weighted by Crippen LogP contribution is 1.97. The Kier molecular flexibility index (Phi) is 6.03. The van der Waals surface area contributed by atoms with Crippen LogP contribution >= 0.6 is 11.6 Å². The molecule has 0 N–H and O–H groups in total. The fourth-order valence-electron chi connectivity index (χ4n) is 0.850. The van der Waals surface area contributed by atoms with Crippen LogP contribution in [0.3, 0.4) is 0 Å². The molecule has 0 bridgehead atoms. The van der Waals surface area contributed by atoms with Crippen LogP contribution in [0.4, 0.5) is 4.39 Å². The first-order chi connectivity index (χ1) is 4.66. The Balaban J connectivity index is 3.16. The number of nitrogens with zero attached hydrogens (tertiary/aromatic N) is 1. The standard InChI is InChI=1S/C7H15ClFN/c1-7(8)6-10(2)5-3-4-9/h7H,3-6H2,1-2H3. The van der Waals surface area contributed by atoms with Crippen LogP contribution in [0.5, 0.6) is 0 Å². The van der Waals surface area contributed by atoms with Gasteiger partial charge in [-0.25, -0.2) is 0 Å². The van der Waals surface area contributed by atoms with E-state index >= 15 is 0 Å². The Morgan fingerprint density at radius 2 is 2.20 bits per heavy atom. The Bertz CT molecular complexity index is 78.0. The zero-order chi connectivity index (χ0) is 7.98. The van der Waals surface area contributed by atoms with Crippen molar-refractivity contribution >= 4 is 11.6 Å². The van der Waals surface area contributed by atoms with Crippen LogP contribution in [0.25, 0.3) is 0 Å². The van der Waals surface area contributed by atoms with E-state index < -0.39 is 0 Å². The summed E-state index contributed by atoms with van der Waals surface area (Å²) < 4.78 is 11.6. The van der Waals surface area contributed by atoms with Crippen LogP contribution in [-0.2, 0) is 0 Å². The molecule has 1 unspecified atom stereocenters. The highest BCUT2D eigenvalue weighted by Gasteiger charge is 2.01. The van der Waals surface area contributed by atoms with E-state index in [4.69, 9.17) is 11.6 Å². The molecule has 3 heteroatoms. The number of halogens is 2. The van der Waals surface area contributed by atoms with Gasteiger partial charge in [0.25, 0.3) is 0 Å². The van der Waals surface area contributed by atoms with Gasteiger partial charge in [0.15, 0.2) is 0 Å². The molecule has 0 saturated heterocycles. The zero-order valence-electron chi connectivity index (χ0n) is 6.61. The van der Waals surface area contributed by atoms with E-state index in [0.29, 0.717) is 6.42 Å². The summed E-state index contributed by atoms with van der Waals surface area (Å²) in [6.45, 7) is 3.34. The summed E-state index contributed by atoms with van der Waals surface area (Å²) in [6, 6.07) is 0. The molecule has 0 aliphatic carbocycles. The van der Waals surface area contributed by atoms with E-state index in [0.717, 1.165) is 13.1 Å². The number of rotatable bonds is 5. The summed E-state index contributed by atoms with van der Waals surface area (Å²) >= 11 is 5.72. The van der Waals surface area contributed by atoms with Crippen molar-refractivity contribution in [2.75, 3.05) is 26.8 Å². The summed E-state index contributed by atoms with van der Waals surface area (Å²) in [4.78, 5) is 2.04. The monoisotopic (exact) mass is 167 g/mol. The Hall–Kier alpha value is 0.180. The molecule has 1 atom stereocenters. The first-order valence-corrected chi connectivity index (χ1v) is 3.99.